The van der Waals surface area contributed by atoms with Crippen LogP contribution < -0.4 is 9.47 Å². The van der Waals surface area contributed by atoms with Gasteiger partial charge in [0.1, 0.15) is 13.2 Å². The van der Waals surface area contributed by atoms with Crippen molar-refractivity contribution in [2.24, 2.45) is 0 Å². The van der Waals surface area contributed by atoms with Gasteiger partial charge in [-0.1, -0.05) is 6.07 Å². The molecule has 3 rings (SSSR count). The van der Waals surface area contributed by atoms with Crippen molar-refractivity contribution in [1.82, 2.24) is 9.80 Å². The fourth-order valence-corrected chi connectivity index (χ4v) is 3.37. The molecule has 144 valence electrons. The molecule has 1 fully saturated rings. The van der Waals surface area contributed by atoms with Gasteiger partial charge in [0.15, 0.2) is 11.5 Å². The Hall–Kier alpha value is -1.99. The summed E-state index contributed by atoms with van der Waals surface area (Å²) in [5.74, 6) is 0.667. The Labute approximate surface area is 159 Å². The number of ether oxygens (including phenoxy) is 2. The summed E-state index contributed by atoms with van der Waals surface area (Å²) in [6.07, 6.45) is 1.92. The number of carbonyl (C=O) groups is 2. The molecule has 1 aromatic rings. The summed E-state index contributed by atoms with van der Waals surface area (Å²) in [6.45, 7) is 2.42. The SMILES string of the molecule is CN(CCC(=O)O)CC(=O)N1CCCC1c1ccc2c(c1)OCCO2.Cl. The predicted molar refractivity (Wildman–Crippen MR) is 98.1 cm³/mol. The molecule has 7 nitrogen and oxygen atoms in total. The fourth-order valence-electron chi connectivity index (χ4n) is 3.37. The van der Waals surface area contributed by atoms with Crippen LogP contribution in [0.2, 0.25) is 0 Å². The number of halogens is 1. The Morgan fingerprint density at radius 2 is 2.00 bits per heavy atom. The van der Waals surface area contributed by atoms with E-state index in [0.29, 0.717) is 19.8 Å². The number of rotatable bonds is 6. The lowest BCUT2D eigenvalue weighted by atomic mass is 10.0. The number of likely N-dealkylation sites (N-methyl/N-ethyl adjacent to an activating group) is 1. The van der Waals surface area contributed by atoms with Crippen molar-refractivity contribution >= 4 is 24.3 Å². The van der Waals surface area contributed by atoms with Crippen LogP contribution in [0.25, 0.3) is 0 Å². The number of carboxylic acids is 1. The van der Waals surface area contributed by atoms with Crippen LogP contribution in [0.15, 0.2) is 18.2 Å². The minimum absolute atomic E-state index is 0. The standard InChI is InChI=1S/C18H24N2O5.ClH/c1-19(8-6-18(22)23)12-17(21)20-7-2-3-14(20)13-4-5-15-16(11-13)25-10-9-24-15;/h4-5,11,14H,2-3,6-10,12H2,1H3,(H,22,23);1H. The van der Waals surface area contributed by atoms with Crippen molar-refractivity contribution in [3.8, 4) is 11.5 Å². The molecule has 1 N–H and O–H groups in total. The van der Waals surface area contributed by atoms with Crippen LogP contribution in [0.5, 0.6) is 11.5 Å². The second kappa shape index (κ2) is 9.09. The first-order chi connectivity index (χ1) is 12.0. The predicted octanol–water partition coefficient (Wildman–Crippen LogP) is 1.95. The van der Waals surface area contributed by atoms with Crippen LogP contribution in [0.4, 0.5) is 0 Å². The van der Waals surface area contributed by atoms with Crippen molar-refractivity contribution in [2.75, 3.05) is 39.9 Å². The first kappa shape index (κ1) is 20.3. The molecule has 1 unspecified atom stereocenters. The largest absolute Gasteiger partial charge is 0.486 e. The number of likely N-dealkylation sites (tertiary alicyclic amines) is 1. The Kier molecular flexibility index (Phi) is 7.11. The summed E-state index contributed by atoms with van der Waals surface area (Å²) in [5.41, 5.74) is 1.06. The average Bonchev–Trinajstić information content (AvgIpc) is 3.09. The molecular formula is C18H25ClN2O5. The van der Waals surface area contributed by atoms with Gasteiger partial charge < -0.3 is 19.5 Å². The quantitative estimate of drug-likeness (QED) is 0.807. The van der Waals surface area contributed by atoms with E-state index in [2.05, 4.69) is 0 Å². The van der Waals surface area contributed by atoms with Gasteiger partial charge in [0.2, 0.25) is 5.91 Å². The molecule has 0 bridgehead atoms. The molecule has 26 heavy (non-hydrogen) atoms. The van der Waals surface area contributed by atoms with Crippen LogP contribution >= 0.6 is 12.4 Å². The molecule has 1 atom stereocenters. The van der Waals surface area contributed by atoms with Gasteiger partial charge in [0.25, 0.3) is 0 Å². The maximum Gasteiger partial charge on any atom is 0.304 e. The number of aliphatic carboxylic acids is 1. The van der Waals surface area contributed by atoms with Gasteiger partial charge in [-0.3, -0.25) is 14.5 Å². The third-order valence-corrected chi connectivity index (χ3v) is 4.64. The fraction of sp³-hybridized carbons (Fsp3) is 0.556. The summed E-state index contributed by atoms with van der Waals surface area (Å²) >= 11 is 0. The second-order valence-corrected chi connectivity index (χ2v) is 6.53. The van der Waals surface area contributed by atoms with E-state index in [-0.39, 0.29) is 37.3 Å². The molecule has 1 amide bonds. The number of amides is 1. The second-order valence-electron chi connectivity index (χ2n) is 6.53. The number of carboxylic acid groups (broad SMARTS) is 1. The van der Waals surface area contributed by atoms with Gasteiger partial charge in [-0.25, -0.2) is 0 Å². The number of nitrogens with zero attached hydrogens (tertiary/aromatic N) is 2. The van der Waals surface area contributed by atoms with Crippen LogP contribution in [-0.2, 0) is 9.59 Å². The zero-order valence-electron chi connectivity index (χ0n) is 14.8. The van der Waals surface area contributed by atoms with E-state index in [1.54, 1.807) is 11.9 Å². The third kappa shape index (κ3) is 4.80. The number of hydrogen-bond acceptors (Lipinski definition) is 5. The molecule has 8 heteroatoms. The van der Waals surface area contributed by atoms with E-state index in [1.165, 1.54) is 0 Å². The van der Waals surface area contributed by atoms with Gasteiger partial charge in [-0.05, 0) is 37.6 Å². The average molecular weight is 385 g/mol. The van der Waals surface area contributed by atoms with Gasteiger partial charge in [-0.15, -0.1) is 12.4 Å². The topological polar surface area (TPSA) is 79.3 Å². The highest BCUT2D eigenvalue weighted by atomic mass is 35.5. The van der Waals surface area contributed by atoms with Crippen molar-refractivity contribution in [1.29, 1.82) is 0 Å². The van der Waals surface area contributed by atoms with E-state index in [1.807, 2.05) is 23.1 Å². The van der Waals surface area contributed by atoms with Crippen LogP contribution in [0, 0.1) is 0 Å². The normalized spacial score (nSPS) is 18.5. The molecule has 0 saturated carbocycles. The van der Waals surface area contributed by atoms with Gasteiger partial charge in [0, 0.05) is 13.1 Å². The van der Waals surface area contributed by atoms with Crippen LogP contribution in [0.3, 0.4) is 0 Å². The molecule has 2 aliphatic heterocycles. The highest BCUT2D eigenvalue weighted by Gasteiger charge is 2.31. The molecule has 2 aliphatic rings. The monoisotopic (exact) mass is 384 g/mol. The molecule has 1 aromatic carbocycles. The van der Waals surface area contributed by atoms with Gasteiger partial charge in [0.05, 0.1) is 19.0 Å². The van der Waals surface area contributed by atoms with Crippen LogP contribution in [0.1, 0.15) is 30.9 Å². The molecule has 0 spiro atoms. The summed E-state index contributed by atoms with van der Waals surface area (Å²) in [5, 5.41) is 8.75. The molecule has 0 radical (unpaired) electrons. The van der Waals surface area contributed by atoms with Crippen molar-refractivity contribution in [3.05, 3.63) is 23.8 Å². The summed E-state index contributed by atoms with van der Waals surface area (Å²) < 4.78 is 11.2. The zero-order valence-corrected chi connectivity index (χ0v) is 15.7. The van der Waals surface area contributed by atoms with Gasteiger partial charge >= 0.3 is 5.97 Å². The van der Waals surface area contributed by atoms with E-state index < -0.39 is 5.97 Å². The van der Waals surface area contributed by atoms with E-state index in [9.17, 15) is 9.59 Å². The van der Waals surface area contributed by atoms with E-state index in [4.69, 9.17) is 14.6 Å². The maximum atomic E-state index is 12.7. The summed E-state index contributed by atoms with van der Waals surface area (Å²) in [6, 6.07) is 5.91. The highest BCUT2D eigenvalue weighted by Crippen LogP contribution is 2.38. The Morgan fingerprint density at radius 3 is 2.73 bits per heavy atom. The first-order valence-electron chi connectivity index (χ1n) is 8.64. The molecular weight excluding hydrogens is 360 g/mol. The lowest BCUT2D eigenvalue weighted by Crippen LogP contribution is -2.39. The first-order valence-corrected chi connectivity index (χ1v) is 8.64. The van der Waals surface area contributed by atoms with Crippen molar-refractivity contribution in [3.63, 3.8) is 0 Å². The number of benzene rings is 1. The minimum Gasteiger partial charge on any atom is -0.486 e. The number of hydrogen-bond donors (Lipinski definition) is 1. The smallest absolute Gasteiger partial charge is 0.304 e. The lowest BCUT2D eigenvalue weighted by molar-refractivity contribution is -0.138. The number of fused-ring (bicyclic) bond motifs is 1. The summed E-state index contributed by atoms with van der Waals surface area (Å²) in [4.78, 5) is 27.0. The molecule has 0 aromatic heterocycles. The lowest BCUT2D eigenvalue weighted by Gasteiger charge is -2.28. The van der Waals surface area contributed by atoms with Crippen LogP contribution in [-0.4, -0.2) is 66.7 Å². The van der Waals surface area contributed by atoms with E-state index >= 15 is 0 Å². The Bertz CT molecular complexity index is 654. The zero-order chi connectivity index (χ0) is 17.8. The Morgan fingerprint density at radius 1 is 1.27 bits per heavy atom. The third-order valence-electron chi connectivity index (χ3n) is 4.64. The van der Waals surface area contributed by atoms with Crippen molar-refractivity contribution < 1.29 is 24.2 Å². The van der Waals surface area contributed by atoms with E-state index in [0.717, 1.165) is 36.4 Å². The number of carbonyl (C=O) groups excluding carboxylic acids is 1. The molecule has 0 aliphatic carbocycles. The molecule has 1 saturated heterocycles. The maximum absolute atomic E-state index is 12.7. The highest BCUT2D eigenvalue weighted by molar-refractivity contribution is 5.85. The molecule has 2 heterocycles. The van der Waals surface area contributed by atoms with Gasteiger partial charge in [-0.2, -0.15) is 0 Å². The summed E-state index contributed by atoms with van der Waals surface area (Å²) in [7, 11) is 1.77. The van der Waals surface area contributed by atoms with Crippen molar-refractivity contribution in [2.45, 2.75) is 25.3 Å². The minimum atomic E-state index is -0.852. The Balaban J connectivity index is 0.00000243.